The predicted octanol–water partition coefficient (Wildman–Crippen LogP) is 3.40. The highest BCUT2D eigenvalue weighted by Crippen LogP contribution is 2.28. The normalized spacial score (nSPS) is 25.1. The quantitative estimate of drug-likeness (QED) is 0.870. The molecule has 4 nitrogen and oxygen atoms in total. The summed E-state index contributed by atoms with van der Waals surface area (Å²) in [6, 6.07) is 5.47. The molecule has 2 atom stereocenters. The molecule has 2 rings (SSSR count). The minimum Gasteiger partial charge on any atom is -0.301 e. The molecule has 0 bridgehead atoms. The Labute approximate surface area is 130 Å². The second kappa shape index (κ2) is 6.16. The Morgan fingerprint density at radius 2 is 2.19 bits per heavy atom. The van der Waals surface area contributed by atoms with E-state index in [9.17, 15) is 9.59 Å². The van der Waals surface area contributed by atoms with Crippen LogP contribution in [0, 0.1) is 6.92 Å². The van der Waals surface area contributed by atoms with Crippen molar-refractivity contribution in [3.05, 3.63) is 34.3 Å². The summed E-state index contributed by atoms with van der Waals surface area (Å²) in [5.41, 5.74) is 1.94. The highest BCUT2D eigenvalue weighted by molar-refractivity contribution is 6.31. The summed E-state index contributed by atoms with van der Waals surface area (Å²) in [5.74, 6) is 0.0124. The number of likely N-dealkylation sites (tertiary alicyclic amines) is 1. The van der Waals surface area contributed by atoms with Crippen LogP contribution >= 0.6 is 11.6 Å². The van der Waals surface area contributed by atoms with E-state index in [1.807, 2.05) is 39.0 Å². The first-order valence-corrected chi connectivity index (χ1v) is 7.74. The average molecular weight is 310 g/mol. The third-order valence-corrected chi connectivity index (χ3v) is 4.96. The van der Waals surface area contributed by atoms with Gasteiger partial charge in [-0.3, -0.25) is 0 Å². The van der Waals surface area contributed by atoms with E-state index in [2.05, 4.69) is 5.32 Å². The van der Waals surface area contributed by atoms with Crippen molar-refractivity contribution in [1.29, 1.82) is 0 Å². The highest BCUT2D eigenvalue weighted by Gasteiger charge is 2.52. The molecule has 1 aliphatic rings. The summed E-state index contributed by atoms with van der Waals surface area (Å²) in [5, 5.41) is 3.54. The van der Waals surface area contributed by atoms with Crippen molar-refractivity contribution in [3.63, 3.8) is 0 Å². The number of benzene rings is 1. The van der Waals surface area contributed by atoms with Gasteiger partial charge in [-0.25, -0.2) is 9.59 Å². The van der Waals surface area contributed by atoms with Crippen molar-refractivity contribution in [2.75, 3.05) is 6.54 Å². The summed E-state index contributed by atoms with van der Waals surface area (Å²) < 4.78 is -0.0937. The van der Waals surface area contributed by atoms with Crippen LogP contribution in [0.2, 0.25) is 5.02 Å². The molecule has 1 aromatic rings. The van der Waals surface area contributed by atoms with Crippen molar-refractivity contribution in [2.45, 2.75) is 46.2 Å². The summed E-state index contributed by atoms with van der Waals surface area (Å²) in [7, 11) is 0. The van der Waals surface area contributed by atoms with Gasteiger partial charge in [0.1, 0.15) is 6.04 Å². The van der Waals surface area contributed by atoms with E-state index in [-0.39, 0.29) is 22.5 Å². The number of carbonyl (C=O) groups excluding carboxylic acids is 2. The molecule has 3 amide bonds. The lowest BCUT2D eigenvalue weighted by molar-refractivity contribution is -0.788. The Hall–Kier alpha value is -1.39. The lowest BCUT2D eigenvalue weighted by Gasteiger charge is -2.31. The summed E-state index contributed by atoms with van der Waals surface area (Å²) in [6.07, 6.45) is 1.25. The molecule has 0 radical (unpaired) electrons. The minimum atomic E-state index is -0.216. The van der Waals surface area contributed by atoms with E-state index in [0.29, 0.717) is 24.5 Å². The third kappa shape index (κ3) is 2.70. The van der Waals surface area contributed by atoms with Gasteiger partial charge in [-0.05, 0) is 38.0 Å². The van der Waals surface area contributed by atoms with Crippen LogP contribution in [0.3, 0.4) is 0 Å². The van der Waals surface area contributed by atoms with Crippen LogP contribution in [0.5, 0.6) is 0 Å². The van der Waals surface area contributed by atoms with Gasteiger partial charge in [-0.15, -0.1) is 0 Å². The number of quaternary nitrogens is 1. The molecule has 5 heteroatoms. The fraction of sp³-hybridized carbons (Fsp3) is 0.500. The van der Waals surface area contributed by atoms with Crippen LogP contribution in [0.25, 0.3) is 0 Å². The number of nitrogens with one attached hydrogen (secondary N) is 1. The first kappa shape index (κ1) is 16.0. The zero-order valence-electron chi connectivity index (χ0n) is 12.8. The Morgan fingerprint density at radius 3 is 2.71 bits per heavy atom. The molecular weight excluding hydrogens is 288 g/mol. The molecule has 0 saturated carbocycles. The molecule has 0 spiro atoms. The van der Waals surface area contributed by atoms with Crippen molar-refractivity contribution in [2.24, 2.45) is 0 Å². The second-order valence-electron chi connectivity index (χ2n) is 5.66. The van der Waals surface area contributed by atoms with Crippen molar-refractivity contribution >= 4 is 23.5 Å². The van der Waals surface area contributed by atoms with E-state index in [0.717, 1.165) is 17.5 Å². The summed E-state index contributed by atoms with van der Waals surface area (Å²) in [4.78, 5) is 24.8. The van der Waals surface area contributed by atoms with E-state index < -0.39 is 0 Å². The number of imide groups is 1. The summed E-state index contributed by atoms with van der Waals surface area (Å²) in [6.45, 7) is 6.66. The van der Waals surface area contributed by atoms with Gasteiger partial charge in [0.05, 0.1) is 19.5 Å². The minimum absolute atomic E-state index is 0.0124. The molecule has 21 heavy (non-hydrogen) atoms. The summed E-state index contributed by atoms with van der Waals surface area (Å²) >= 11 is 6.18. The first-order chi connectivity index (χ1) is 9.93. The lowest BCUT2D eigenvalue weighted by atomic mass is 10.1. The van der Waals surface area contributed by atoms with E-state index >= 15 is 0 Å². The predicted molar refractivity (Wildman–Crippen MR) is 82.9 cm³/mol. The maximum absolute atomic E-state index is 12.6. The van der Waals surface area contributed by atoms with Crippen molar-refractivity contribution < 1.29 is 14.1 Å². The zero-order chi connectivity index (χ0) is 15.6. The van der Waals surface area contributed by atoms with Crippen molar-refractivity contribution in [3.8, 4) is 0 Å². The van der Waals surface area contributed by atoms with Crippen molar-refractivity contribution in [1.82, 2.24) is 5.32 Å². The fourth-order valence-corrected chi connectivity index (χ4v) is 3.43. The molecular formula is C16H22ClN2O2+. The van der Waals surface area contributed by atoms with Crippen LogP contribution in [-0.2, 0) is 11.3 Å². The van der Waals surface area contributed by atoms with Gasteiger partial charge in [0, 0.05) is 11.4 Å². The number of aryl methyl sites for hydroxylation is 1. The maximum Gasteiger partial charge on any atom is 0.424 e. The monoisotopic (exact) mass is 309 g/mol. The molecule has 0 aliphatic carbocycles. The molecule has 114 valence electrons. The van der Waals surface area contributed by atoms with Crippen LogP contribution in [0.1, 0.15) is 37.8 Å². The Bertz CT molecular complexity index is 553. The first-order valence-electron chi connectivity index (χ1n) is 7.37. The van der Waals surface area contributed by atoms with Gasteiger partial charge in [0.15, 0.2) is 0 Å². The van der Waals surface area contributed by atoms with Crippen LogP contribution < -0.4 is 5.32 Å². The third-order valence-electron chi connectivity index (χ3n) is 4.60. The van der Waals surface area contributed by atoms with Crippen LogP contribution in [0.15, 0.2) is 18.2 Å². The average Bonchev–Trinajstić information content (AvgIpc) is 2.74. The van der Waals surface area contributed by atoms with Gasteiger partial charge in [-0.2, -0.15) is 4.48 Å². The molecule has 1 fully saturated rings. The van der Waals surface area contributed by atoms with E-state index in [1.54, 1.807) is 0 Å². The van der Waals surface area contributed by atoms with Gasteiger partial charge in [0.2, 0.25) is 0 Å². The number of rotatable bonds is 3. The Balaban J connectivity index is 2.16. The Kier molecular flexibility index (Phi) is 4.69. The molecule has 1 heterocycles. The van der Waals surface area contributed by atoms with E-state index in [1.165, 1.54) is 0 Å². The van der Waals surface area contributed by atoms with Gasteiger partial charge in [0.25, 0.3) is 0 Å². The van der Waals surface area contributed by atoms with Gasteiger partial charge >= 0.3 is 11.9 Å². The zero-order valence-corrected chi connectivity index (χ0v) is 13.5. The fourth-order valence-electron chi connectivity index (χ4n) is 3.14. The number of halogens is 1. The standard InChI is InChI=1S/C16H21ClN2O2/c1-4-19(12(3)8-9-15(19)20)16(21)18-10-13-11(2)6-5-7-14(13)17/h5-7,12H,4,8-10H2,1-3H3/p+1/t12-,19?/m1/s1. The number of hydrogen-bond donors (Lipinski definition) is 1. The number of urea groups is 1. The van der Waals surface area contributed by atoms with Crippen LogP contribution in [-0.4, -0.2) is 29.0 Å². The van der Waals surface area contributed by atoms with Gasteiger partial charge in [-0.1, -0.05) is 23.7 Å². The lowest BCUT2D eigenvalue weighted by Crippen LogP contribution is -2.61. The largest absolute Gasteiger partial charge is 0.424 e. The molecule has 1 aliphatic heterocycles. The number of nitrogens with zero attached hydrogens (tertiary/aromatic N) is 1. The molecule has 1 N–H and O–H groups in total. The molecule has 1 aromatic carbocycles. The molecule has 0 aromatic heterocycles. The number of hydrogen-bond acceptors (Lipinski definition) is 2. The number of amides is 3. The van der Waals surface area contributed by atoms with Crippen LogP contribution in [0.4, 0.5) is 4.79 Å². The second-order valence-corrected chi connectivity index (χ2v) is 6.07. The SMILES string of the molecule is CC[N+]1(C(=O)NCc2c(C)cccc2Cl)C(=O)CC[C@H]1C. The highest BCUT2D eigenvalue weighted by atomic mass is 35.5. The molecule has 1 unspecified atom stereocenters. The Morgan fingerprint density at radius 1 is 1.48 bits per heavy atom. The number of carbonyl (C=O) groups is 2. The topological polar surface area (TPSA) is 46.2 Å². The smallest absolute Gasteiger partial charge is 0.301 e. The molecule has 1 saturated heterocycles. The maximum atomic E-state index is 12.6. The van der Waals surface area contributed by atoms with Gasteiger partial charge < -0.3 is 5.32 Å². The van der Waals surface area contributed by atoms with E-state index in [4.69, 9.17) is 11.6 Å².